The Morgan fingerprint density at radius 1 is 1.39 bits per heavy atom. The second kappa shape index (κ2) is 7.89. The Morgan fingerprint density at radius 2 is 2.25 bits per heavy atom. The van der Waals surface area contributed by atoms with Crippen LogP contribution in [0.3, 0.4) is 0 Å². The average molecular weight is 417 g/mol. The molecule has 0 amide bonds. The van der Waals surface area contributed by atoms with Crippen LogP contribution in [0.4, 0.5) is 0 Å². The fraction of sp³-hybridized carbons (Fsp3) is 0.316. The molecule has 3 aromatic rings. The van der Waals surface area contributed by atoms with Gasteiger partial charge in [-0.1, -0.05) is 35.5 Å². The van der Waals surface area contributed by atoms with Crippen molar-refractivity contribution in [1.29, 1.82) is 0 Å². The lowest BCUT2D eigenvalue weighted by molar-refractivity contribution is -0.139. The van der Waals surface area contributed by atoms with E-state index in [4.69, 9.17) is 16.3 Å². The van der Waals surface area contributed by atoms with Gasteiger partial charge in [0.25, 0.3) is 5.78 Å². The molecule has 2 aromatic heterocycles. The number of carbonyl (C=O) groups excluding carboxylic acids is 2. The Hall–Kier alpha value is -2.45. The van der Waals surface area contributed by atoms with E-state index in [9.17, 15) is 9.59 Å². The van der Waals surface area contributed by atoms with Gasteiger partial charge in [0.1, 0.15) is 0 Å². The minimum atomic E-state index is -0.322. The van der Waals surface area contributed by atoms with Crippen LogP contribution >= 0.6 is 23.4 Å². The zero-order chi connectivity index (χ0) is 19.7. The molecule has 0 saturated heterocycles. The first-order valence-corrected chi connectivity index (χ1v) is 10.2. The molecule has 4 rings (SSSR count). The topological polar surface area (TPSA) is 86.4 Å². The maximum absolute atomic E-state index is 12.7. The minimum absolute atomic E-state index is 0.0177. The molecule has 0 radical (unpaired) electrons. The highest BCUT2D eigenvalue weighted by molar-refractivity contribution is 7.99. The van der Waals surface area contributed by atoms with Crippen LogP contribution in [0.25, 0.3) is 5.78 Å². The number of hydrogen-bond acceptors (Lipinski definition) is 7. The van der Waals surface area contributed by atoms with E-state index in [0.29, 0.717) is 41.0 Å². The number of rotatable bonds is 5. The number of hydrogen-bond donors (Lipinski definition) is 0. The highest BCUT2D eigenvalue weighted by Crippen LogP contribution is 2.33. The molecule has 0 saturated carbocycles. The first-order valence-electron chi connectivity index (χ1n) is 8.87. The molecule has 1 aliphatic carbocycles. The number of thioether (sulfide) groups is 1. The Morgan fingerprint density at radius 3 is 3.04 bits per heavy atom. The highest BCUT2D eigenvalue weighted by atomic mass is 35.5. The third-order valence-electron chi connectivity index (χ3n) is 4.56. The van der Waals surface area contributed by atoms with Crippen molar-refractivity contribution in [2.24, 2.45) is 0 Å². The Labute approximate surface area is 170 Å². The average Bonchev–Trinajstić information content (AvgIpc) is 3.10. The number of ether oxygens (including phenoxy) is 1. The van der Waals surface area contributed by atoms with Crippen molar-refractivity contribution in [2.75, 3.05) is 12.4 Å². The fourth-order valence-corrected chi connectivity index (χ4v) is 4.13. The van der Waals surface area contributed by atoms with Gasteiger partial charge in [0.2, 0.25) is 5.16 Å². The molecule has 1 atom stereocenters. The largest absolute Gasteiger partial charge is 0.465 e. The van der Waals surface area contributed by atoms with Crippen molar-refractivity contribution in [3.63, 3.8) is 0 Å². The van der Waals surface area contributed by atoms with E-state index in [1.54, 1.807) is 17.6 Å². The highest BCUT2D eigenvalue weighted by Gasteiger charge is 2.29. The lowest BCUT2D eigenvalue weighted by Crippen LogP contribution is -2.22. The summed E-state index contributed by atoms with van der Waals surface area (Å²) in [5.41, 5.74) is 2.37. The molecule has 1 aliphatic rings. The summed E-state index contributed by atoms with van der Waals surface area (Å²) in [4.78, 5) is 32.9. The van der Waals surface area contributed by atoms with Gasteiger partial charge in [-0.05, 0) is 37.0 Å². The second-order valence-corrected chi connectivity index (χ2v) is 7.78. The van der Waals surface area contributed by atoms with E-state index in [2.05, 4.69) is 15.1 Å². The zero-order valence-corrected chi connectivity index (χ0v) is 16.7. The van der Waals surface area contributed by atoms with Gasteiger partial charge >= 0.3 is 5.97 Å². The molecule has 28 heavy (non-hydrogen) atoms. The van der Waals surface area contributed by atoms with Crippen LogP contribution in [0.1, 0.15) is 40.9 Å². The van der Waals surface area contributed by atoms with Gasteiger partial charge < -0.3 is 4.74 Å². The van der Waals surface area contributed by atoms with Crippen LogP contribution in [-0.4, -0.2) is 43.7 Å². The number of aromatic nitrogens is 4. The molecular weight excluding hydrogens is 400 g/mol. The van der Waals surface area contributed by atoms with Crippen LogP contribution in [0.2, 0.25) is 5.02 Å². The number of halogens is 1. The SMILES string of the molecule is CCOC(=O)CSc1nc2ncc3c(n2n1)CC(c1cccc(Cl)c1)CC3=O. The van der Waals surface area contributed by atoms with Gasteiger partial charge in [-0.3, -0.25) is 9.59 Å². The lowest BCUT2D eigenvalue weighted by atomic mass is 9.82. The molecule has 0 aliphatic heterocycles. The van der Waals surface area contributed by atoms with Crippen LogP contribution in [-0.2, 0) is 16.0 Å². The van der Waals surface area contributed by atoms with Gasteiger partial charge in [-0.15, -0.1) is 5.10 Å². The molecule has 0 spiro atoms. The Kier molecular flexibility index (Phi) is 5.32. The summed E-state index contributed by atoms with van der Waals surface area (Å²) in [6, 6.07) is 7.58. The van der Waals surface area contributed by atoms with Gasteiger partial charge in [0.15, 0.2) is 5.78 Å². The van der Waals surface area contributed by atoms with E-state index in [-0.39, 0.29) is 23.4 Å². The van der Waals surface area contributed by atoms with E-state index in [1.165, 1.54) is 11.8 Å². The van der Waals surface area contributed by atoms with Crippen molar-refractivity contribution in [3.05, 3.63) is 52.3 Å². The summed E-state index contributed by atoms with van der Waals surface area (Å²) in [6.07, 6.45) is 2.60. The number of fused-ring (bicyclic) bond motifs is 3. The maximum atomic E-state index is 12.7. The van der Waals surface area contributed by atoms with Crippen molar-refractivity contribution in [3.8, 4) is 0 Å². The third kappa shape index (κ3) is 3.74. The summed E-state index contributed by atoms with van der Waals surface area (Å²) in [7, 11) is 0. The quantitative estimate of drug-likeness (QED) is 0.465. The van der Waals surface area contributed by atoms with Crippen molar-refractivity contribution >= 4 is 40.9 Å². The van der Waals surface area contributed by atoms with Crippen LogP contribution < -0.4 is 0 Å². The van der Waals surface area contributed by atoms with Crippen molar-refractivity contribution in [2.45, 2.75) is 30.8 Å². The smallest absolute Gasteiger partial charge is 0.316 e. The van der Waals surface area contributed by atoms with Gasteiger partial charge in [-0.25, -0.2) is 4.98 Å². The first kappa shape index (κ1) is 18.9. The van der Waals surface area contributed by atoms with E-state index in [1.807, 2.05) is 24.3 Å². The maximum Gasteiger partial charge on any atom is 0.316 e. The second-order valence-electron chi connectivity index (χ2n) is 6.40. The number of carbonyl (C=O) groups is 2. The van der Waals surface area contributed by atoms with Crippen LogP contribution in [0, 0.1) is 0 Å². The summed E-state index contributed by atoms with van der Waals surface area (Å²) in [5.74, 6) is 0.250. The minimum Gasteiger partial charge on any atom is -0.465 e. The number of nitrogens with zero attached hydrogens (tertiary/aromatic N) is 4. The standard InChI is InChI=1S/C19H17ClN4O3S/c1-2-27-17(26)10-28-19-22-18-21-9-14-15(24(18)23-19)7-12(8-16(14)25)11-4-3-5-13(20)6-11/h3-6,9,12H,2,7-8,10H2,1H3. The van der Waals surface area contributed by atoms with Crippen molar-refractivity contribution in [1.82, 2.24) is 19.6 Å². The van der Waals surface area contributed by atoms with E-state index in [0.717, 1.165) is 11.3 Å². The first-order chi connectivity index (χ1) is 13.5. The fourth-order valence-electron chi connectivity index (χ4n) is 3.31. The molecule has 2 heterocycles. The lowest BCUT2D eigenvalue weighted by Gasteiger charge is -2.24. The van der Waals surface area contributed by atoms with Gasteiger partial charge in [-0.2, -0.15) is 9.50 Å². The zero-order valence-electron chi connectivity index (χ0n) is 15.1. The molecule has 1 unspecified atom stereocenters. The number of ketones is 1. The van der Waals surface area contributed by atoms with Crippen LogP contribution in [0.5, 0.6) is 0 Å². The Balaban J connectivity index is 1.65. The molecular formula is C19H17ClN4O3S. The Bertz CT molecular complexity index is 1070. The normalized spacial score (nSPS) is 16.2. The summed E-state index contributed by atoms with van der Waals surface area (Å²) in [6.45, 7) is 2.09. The molecule has 0 bridgehead atoms. The molecule has 0 N–H and O–H groups in total. The van der Waals surface area contributed by atoms with E-state index >= 15 is 0 Å². The predicted octanol–water partition coefficient (Wildman–Crippen LogP) is 3.35. The molecule has 0 fully saturated rings. The monoisotopic (exact) mass is 416 g/mol. The van der Waals surface area contributed by atoms with Gasteiger partial charge in [0, 0.05) is 17.6 Å². The number of esters is 1. The van der Waals surface area contributed by atoms with Gasteiger partial charge in [0.05, 0.1) is 23.6 Å². The number of Topliss-reactive ketones (excluding diaryl/α,β-unsaturated/α-hetero) is 1. The molecule has 1 aromatic carbocycles. The van der Waals surface area contributed by atoms with Crippen molar-refractivity contribution < 1.29 is 14.3 Å². The molecule has 144 valence electrons. The summed E-state index contributed by atoms with van der Waals surface area (Å²) in [5, 5.41) is 5.53. The molecule has 7 nitrogen and oxygen atoms in total. The summed E-state index contributed by atoms with van der Waals surface area (Å²) < 4.78 is 6.53. The van der Waals surface area contributed by atoms with Crippen LogP contribution in [0.15, 0.2) is 35.6 Å². The van der Waals surface area contributed by atoms with E-state index < -0.39 is 0 Å². The molecule has 9 heteroatoms. The third-order valence-corrected chi connectivity index (χ3v) is 5.61. The number of benzene rings is 1. The predicted molar refractivity (Wildman–Crippen MR) is 105 cm³/mol. The summed E-state index contributed by atoms with van der Waals surface area (Å²) >= 11 is 7.30.